The lowest BCUT2D eigenvalue weighted by Gasteiger charge is -2.12. The van der Waals surface area contributed by atoms with Crippen molar-refractivity contribution < 1.29 is 4.74 Å². The topological polar surface area (TPSA) is 34.1 Å². The van der Waals surface area contributed by atoms with Crippen molar-refractivity contribution in [3.63, 3.8) is 0 Å². The van der Waals surface area contributed by atoms with Crippen molar-refractivity contribution in [3.8, 4) is 5.75 Å². The van der Waals surface area contributed by atoms with Gasteiger partial charge in [0.25, 0.3) is 0 Å². The third-order valence-corrected chi connectivity index (χ3v) is 3.29. The monoisotopic (exact) mass is 264 g/mol. The summed E-state index contributed by atoms with van der Waals surface area (Å²) in [4.78, 5) is 4.64. The molecule has 0 aliphatic heterocycles. The molecule has 100 valence electrons. The normalized spacial score (nSPS) is 10.5. The van der Waals surface area contributed by atoms with E-state index in [1.54, 1.807) is 7.11 Å². The van der Waals surface area contributed by atoms with Gasteiger partial charge in [-0.25, -0.2) is 4.98 Å². The Morgan fingerprint density at radius 1 is 1.00 bits per heavy atom. The second-order valence-electron chi connectivity index (χ2n) is 4.67. The maximum absolute atomic E-state index is 5.34. The lowest BCUT2D eigenvalue weighted by molar-refractivity contribution is 0.417. The van der Waals surface area contributed by atoms with E-state index in [2.05, 4.69) is 29.4 Å². The molecule has 0 spiro atoms. The fourth-order valence-electron chi connectivity index (χ4n) is 2.30. The molecule has 20 heavy (non-hydrogen) atoms. The fourth-order valence-corrected chi connectivity index (χ4v) is 2.30. The molecule has 0 unspecified atom stereocenters. The number of para-hydroxylation sites is 3. The van der Waals surface area contributed by atoms with Gasteiger partial charge in [-0.1, -0.05) is 30.3 Å². The Morgan fingerprint density at radius 3 is 2.60 bits per heavy atom. The van der Waals surface area contributed by atoms with E-state index in [9.17, 15) is 0 Å². The second kappa shape index (κ2) is 5.21. The van der Waals surface area contributed by atoms with Gasteiger partial charge in [-0.3, -0.25) is 0 Å². The van der Waals surface area contributed by atoms with Gasteiger partial charge in [0.15, 0.2) is 0 Å². The van der Waals surface area contributed by atoms with Crippen molar-refractivity contribution in [2.75, 3.05) is 12.4 Å². The van der Waals surface area contributed by atoms with Crippen LogP contribution in [0.2, 0.25) is 0 Å². The molecule has 0 bridgehead atoms. The first-order chi connectivity index (χ1) is 9.78. The van der Waals surface area contributed by atoms with Gasteiger partial charge in [-0.2, -0.15) is 0 Å². The third-order valence-electron chi connectivity index (χ3n) is 3.29. The van der Waals surface area contributed by atoms with Crippen molar-refractivity contribution in [2.24, 2.45) is 0 Å². The Bertz CT molecular complexity index is 753. The van der Waals surface area contributed by atoms with Gasteiger partial charge in [0.2, 0.25) is 0 Å². The zero-order chi connectivity index (χ0) is 13.9. The number of aryl methyl sites for hydroxylation is 1. The molecular formula is C17H16N2O. The number of nitrogens with zero attached hydrogens (tertiary/aromatic N) is 1. The molecular weight excluding hydrogens is 248 g/mol. The number of pyridine rings is 1. The number of nitrogens with one attached hydrogen (secondary N) is 1. The van der Waals surface area contributed by atoms with Crippen molar-refractivity contribution in [1.82, 2.24) is 4.98 Å². The van der Waals surface area contributed by atoms with Gasteiger partial charge in [0.05, 0.1) is 18.3 Å². The smallest absolute Gasteiger partial charge is 0.142 e. The zero-order valence-corrected chi connectivity index (χ0v) is 11.6. The van der Waals surface area contributed by atoms with Crippen LogP contribution in [0.4, 0.5) is 11.5 Å². The van der Waals surface area contributed by atoms with E-state index in [1.165, 1.54) is 10.9 Å². The molecule has 3 rings (SSSR count). The van der Waals surface area contributed by atoms with Crippen LogP contribution in [0.5, 0.6) is 5.75 Å². The minimum atomic E-state index is 0.806. The highest BCUT2D eigenvalue weighted by Crippen LogP contribution is 2.28. The fraction of sp³-hybridized carbons (Fsp3) is 0.118. The van der Waals surface area contributed by atoms with E-state index in [-0.39, 0.29) is 0 Å². The van der Waals surface area contributed by atoms with Crippen LogP contribution in [0.25, 0.3) is 10.9 Å². The van der Waals surface area contributed by atoms with Crippen LogP contribution in [-0.4, -0.2) is 12.1 Å². The number of fused-ring (bicyclic) bond motifs is 1. The van der Waals surface area contributed by atoms with E-state index in [0.29, 0.717) is 0 Å². The summed E-state index contributed by atoms with van der Waals surface area (Å²) in [6.07, 6.45) is 0. The first-order valence-corrected chi connectivity index (χ1v) is 6.54. The summed E-state index contributed by atoms with van der Waals surface area (Å²) in [6, 6.07) is 18.0. The van der Waals surface area contributed by atoms with Crippen LogP contribution in [0.15, 0.2) is 54.6 Å². The third kappa shape index (κ3) is 2.30. The Labute approximate surface area is 118 Å². The lowest BCUT2D eigenvalue weighted by atomic mass is 10.1. The molecule has 0 radical (unpaired) electrons. The minimum absolute atomic E-state index is 0.806. The summed E-state index contributed by atoms with van der Waals surface area (Å²) < 4.78 is 5.34. The summed E-state index contributed by atoms with van der Waals surface area (Å²) in [5.74, 6) is 1.63. The summed E-state index contributed by atoms with van der Waals surface area (Å²) >= 11 is 0. The van der Waals surface area contributed by atoms with Gasteiger partial charge in [-0.15, -0.1) is 0 Å². The largest absolute Gasteiger partial charge is 0.495 e. The first kappa shape index (κ1) is 12.5. The Kier molecular flexibility index (Phi) is 3.25. The highest BCUT2D eigenvalue weighted by molar-refractivity contribution is 5.84. The van der Waals surface area contributed by atoms with Crippen LogP contribution >= 0.6 is 0 Å². The highest BCUT2D eigenvalue weighted by atomic mass is 16.5. The predicted octanol–water partition coefficient (Wildman–Crippen LogP) is 4.30. The van der Waals surface area contributed by atoms with Crippen LogP contribution in [0, 0.1) is 6.92 Å². The number of hydrogen-bond acceptors (Lipinski definition) is 3. The summed E-state index contributed by atoms with van der Waals surface area (Å²) in [5, 5.41) is 4.50. The van der Waals surface area contributed by atoms with E-state index in [4.69, 9.17) is 4.74 Å². The SMILES string of the molecule is COc1ccccc1Nc1cc(C)c2ccccc2n1. The second-order valence-corrected chi connectivity index (χ2v) is 4.67. The highest BCUT2D eigenvalue weighted by Gasteiger charge is 2.05. The van der Waals surface area contributed by atoms with E-state index < -0.39 is 0 Å². The maximum atomic E-state index is 5.34. The molecule has 1 N–H and O–H groups in total. The Balaban J connectivity index is 2.03. The molecule has 1 heterocycles. The standard InChI is InChI=1S/C17H16N2O/c1-12-11-17(18-14-8-4-3-7-13(12)14)19-15-9-5-6-10-16(15)20-2/h3-11H,1-2H3,(H,18,19). The molecule has 1 aromatic heterocycles. The molecule has 0 amide bonds. The van der Waals surface area contributed by atoms with E-state index in [0.717, 1.165) is 22.8 Å². The summed E-state index contributed by atoms with van der Waals surface area (Å²) in [6.45, 7) is 2.09. The number of methoxy groups -OCH3 is 1. The van der Waals surface area contributed by atoms with Crippen molar-refractivity contribution in [2.45, 2.75) is 6.92 Å². The molecule has 0 atom stereocenters. The number of anilines is 2. The number of ether oxygens (including phenoxy) is 1. The van der Waals surface area contributed by atoms with E-state index >= 15 is 0 Å². The molecule has 0 aliphatic carbocycles. The molecule has 0 saturated carbocycles. The lowest BCUT2D eigenvalue weighted by Crippen LogP contribution is -1.97. The molecule has 0 saturated heterocycles. The molecule has 2 aromatic carbocycles. The molecule has 0 aliphatic rings. The van der Waals surface area contributed by atoms with Crippen LogP contribution in [0.3, 0.4) is 0 Å². The number of aromatic nitrogens is 1. The Hall–Kier alpha value is -2.55. The molecule has 3 nitrogen and oxygen atoms in total. The van der Waals surface area contributed by atoms with Gasteiger partial charge in [-0.05, 0) is 36.8 Å². The maximum Gasteiger partial charge on any atom is 0.142 e. The molecule has 3 aromatic rings. The van der Waals surface area contributed by atoms with Gasteiger partial charge < -0.3 is 10.1 Å². The number of rotatable bonds is 3. The number of hydrogen-bond donors (Lipinski definition) is 1. The average Bonchev–Trinajstić information content (AvgIpc) is 2.48. The van der Waals surface area contributed by atoms with Gasteiger partial charge >= 0.3 is 0 Å². The average molecular weight is 264 g/mol. The van der Waals surface area contributed by atoms with Crippen molar-refractivity contribution in [3.05, 3.63) is 60.2 Å². The minimum Gasteiger partial charge on any atom is -0.495 e. The number of benzene rings is 2. The summed E-state index contributed by atoms with van der Waals surface area (Å²) in [5.41, 5.74) is 3.11. The quantitative estimate of drug-likeness (QED) is 0.766. The first-order valence-electron chi connectivity index (χ1n) is 6.54. The van der Waals surface area contributed by atoms with E-state index in [1.807, 2.05) is 42.5 Å². The van der Waals surface area contributed by atoms with Gasteiger partial charge in [0.1, 0.15) is 11.6 Å². The molecule has 3 heteroatoms. The van der Waals surface area contributed by atoms with Crippen LogP contribution < -0.4 is 10.1 Å². The van der Waals surface area contributed by atoms with Crippen LogP contribution in [0.1, 0.15) is 5.56 Å². The molecule has 0 fully saturated rings. The Morgan fingerprint density at radius 2 is 1.75 bits per heavy atom. The summed E-state index contributed by atoms with van der Waals surface area (Å²) in [7, 11) is 1.67. The predicted molar refractivity (Wildman–Crippen MR) is 82.8 cm³/mol. The van der Waals surface area contributed by atoms with Gasteiger partial charge in [0, 0.05) is 5.39 Å². The van der Waals surface area contributed by atoms with Crippen molar-refractivity contribution >= 4 is 22.4 Å². The zero-order valence-electron chi connectivity index (χ0n) is 11.6. The van der Waals surface area contributed by atoms with Crippen LogP contribution in [-0.2, 0) is 0 Å². The van der Waals surface area contributed by atoms with Crippen molar-refractivity contribution in [1.29, 1.82) is 0 Å².